The largest absolute Gasteiger partial charge is 0.365 e. The number of nitro groups is 1. The maximum atomic E-state index is 10.3. The van der Waals surface area contributed by atoms with Gasteiger partial charge in [-0.15, -0.1) is 0 Å². The van der Waals surface area contributed by atoms with Crippen LogP contribution in [-0.2, 0) is 6.54 Å². The van der Waals surface area contributed by atoms with Crippen molar-refractivity contribution in [3.05, 3.63) is 40.1 Å². The average molecular weight is 209 g/mol. The van der Waals surface area contributed by atoms with E-state index in [9.17, 15) is 10.1 Å². The molecule has 80 valence electrons. The number of hydrogen-bond acceptors (Lipinski definition) is 5. The highest BCUT2D eigenvalue weighted by molar-refractivity contribution is 5.05. The summed E-state index contributed by atoms with van der Waals surface area (Å²) in [5.74, 6) is 0.551. The molecule has 0 atom stereocenters. The summed E-state index contributed by atoms with van der Waals surface area (Å²) in [5, 5.41) is 20.0. The fourth-order valence-corrected chi connectivity index (χ4v) is 1.52. The minimum Gasteiger partial charge on any atom is -0.365 e. The Morgan fingerprint density at radius 2 is 2.60 bits per heavy atom. The second-order valence-corrected chi connectivity index (χ2v) is 3.23. The number of aromatic nitrogens is 2. The summed E-state index contributed by atoms with van der Waals surface area (Å²) in [5.41, 5.74) is 0.938. The maximum absolute atomic E-state index is 10.3. The standard InChI is InChI=1S/C8H11N5O2/c14-13(15)6-8-9-3-4-12(8)5-7-1-2-10-11-7/h1-2,6,9H,3-5H2,(H,10,11). The van der Waals surface area contributed by atoms with Gasteiger partial charge >= 0.3 is 0 Å². The van der Waals surface area contributed by atoms with Gasteiger partial charge in [-0.05, 0) is 6.07 Å². The van der Waals surface area contributed by atoms with Crippen LogP contribution in [0.2, 0.25) is 0 Å². The Labute approximate surface area is 85.9 Å². The number of aromatic amines is 1. The van der Waals surface area contributed by atoms with E-state index in [0.717, 1.165) is 25.0 Å². The number of rotatable bonds is 3. The molecule has 15 heavy (non-hydrogen) atoms. The number of nitrogens with zero attached hydrogens (tertiary/aromatic N) is 3. The minimum atomic E-state index is -0.451. The van der Waals surface area contributed by atoms with Gasteiger partial charge in [0, 0.05) is 19.3 Å². The van der Waals surface area contributed by atoms with Gasteiger partial charge in [0.2, 0.25) is 0 Å². The van der Waals surface area contributed by atoms with Crippen LogP contribution in [0.5, 0.6) is 0 Å². The molecule has 0 radical (unpaired) electrons. The van der Waals surface area contributed by atoms with Gasteiger partial charge in [-0.1, -0.05) is 0 Å². The molecule has 1 aromatic heterocycles. The Morgan fingerprint density at radius 3 is 3.27 bits per heavy atom. The molecule has 2 N–H and O–H groups in total. The highest BCUT2D eigenvalue weighted by atomic mass is 16.6. The van der Waals surface area contributed by atoms with E-state index >= 15 is 0 Å². The van der Waals surface area contributed by atoms with E-state index in [1.807, 2.05) is 11.0 Å². The molecule has 1 aliphatic heterocycles. The van der Waals surface area contributed by atoms with Crippen molar-refractivity contribution in [3.8, 4) is 0 Å². The quantitative estimate of drug-likeness (QED) is 0.535. The monoisotopic (exact) mass is 209 g/mol. The zero-order valence-electron chi connectivity index (χ0n) is 8.01. The third kappa shape index (κ3) is 2.25. The molecule has 0 bridgehead atoms. The Balaban J connectivity index is 2.05. The lowest BCUT2D eigenvalue weighted by Crippen LogP contribution is -2.20. The fraction of sp³-hybridized carbons (Fsp3) is 0.375. The molecule has 2 heterocycles. The predicted octanol–water partition coefficient (Wildman–Crippen LogP) is -0.110. The molecule has 1 aliphatic rings. The van der Waals surface area contributed by atoms with Gasteiger partial charge in [0.25, 0.3) is 6.20 Å². The van der Waals surface area contributed by atoms with Crippen LogP contribution in [0, 0.1) is 10.1 Å². The van der Waals surface area contributed by atoms with E-state index in [2.05, 4.69) is 15.5 Å². The third-order valence-corrected chi connectivity index (χ3v) is 2.18. The van der Waals surface area contributed by atoms with Crippen molar-refractivity contribution in [2.45, 2.75) is 6.54 Å². The molecule has 0 amide bonds. The van der Waals surface area contributed by atoms with Gasteiger partial charge in [-0.3, -0.25) is 15.2 Å². The second kappa shape index (κ2) is 3.99. The number of H-pyrrole nitrogens is 1. The van der Waals surface area contributed by atoms with Crippen LogP contribution in [0.4, 0.5) is 0 Å². The summed E-state index contributed by atoms with van der Waals surface area (Å²) in [6.45, 7) is 2.10. The highest BCUT2D eigenvalue weighted by Crippen LogP contribution is 2.10. The Morgan fingerprint density at radius 1 is 1.73 bits per heavy atom. The van der Waals surface area contributed by atoms with Crippen LogP contribution in [0.1, 0.15) is 5.69 Å². The molecular weight excluding hydrogens is 198 g/mol. The first-order valence-electron chi connectivity index (χ1n) is 4.58. The third-order valence-electron chi connectivity index (χ3n) is 2.18. The first kappa shape index (κ1) is 9.50. The number of hydrogen-bond donors (Lipinski definition) is 2. The lowest BCUT2D eigenvalue weighted by Gasteiger charge is -2.15. The summed E-state index contributed by atoms with van der Waals surface area (Å²) in [7, 11) is 0. The van der Waals surface area contributed by atoms with Crippen LogP contribution in [0.25, 0.3) is 0 Å². The molecule has 1 saturated heterocycles. The molecule has 0 aliphatic carbocycles. The van der Waals surface area contributed by atoms with E-state index < -0.39 is 4.92 Å². The first-order chi connectivity index (χ1) is 7.25. The zero-order chi connectivity index (χ0) is 10.7. The van der Waals surface area contributed by atoms with Gasteiger partial charge in [-0.2, -0.15) is 5.10 Å². The van der Waals surface area contributed by atoms with E-state index in [1.165, 1.54) is 0 Å². The summed E-state index contributed by atoms with van der Waals surface area (Å²) in [6.07, 6.45) is 2.65. The molecule has 0 spiro atoms. The van der Waals surface area contributed by atoms with E-state index in [4.69, 9.17) is 0 Å². The van der Waals surface area contributed by atoms with Crippen LogP contribution in [0.3, 0.4) is 0 Å². The van der Waals surface area contributed by atoms with Gasteiger partial charge in [0.05, 0.1) is 17.2 Å². The summed E-state index contributed by atoms with van der Waals surface area (Å²) >= 11 is 0. The van der Waals surface area contributed by atoms with Crippen LogP contribution in [0.15, 0.2) is 24.3 Å². The number of nitrogens with one attached hydrogen (secondary N) is 2. The minimum absolute atomic E-state index is 0.451. The Hall–Kier alpha value is -2.05. The molecule has 0 saturated carbocycles. The topological polar surface area (TPSA) is 87.1 Å². The van der Waals surface area contributed by atoms with Crippen LogP contribution < -0.4 is 5.32 Å². The molecule has 1 fully saturated rings. The molecule has 0 aromatic carbocycles. The Kier molecular flexibility index (Phi) is 2.53. The molecular formula is C8H11N5O2. The SMILES string of the molecule is O=[N+]([O-])C=C1NCCN1Cc1ccn[nH]1. The van der Waals surface area contributed by atoms with Crippen molar-refractivity contribution in [1.29, 1.82) is 0 Å². The van der Waals surface area contributed by atoms with Crippen molar-refractivity contribution in [3.63, 3.8) is 0 Å². The highest BCUT2D eigenvalue weighted by Gasteiger charge is 2.19. The maximum Gasteiger partial charge on any atom is 0.274 e. The van der Waals surface area contributed by atoms with Crippen LogP contribution >= 0.6 is 0 Å². The fourth-order valence-electron chi connectivity index (χ4n) is 1.52. The van der Waals surface area contributed by atoms with Gasteiger partial charge in [0.1, 0.15) is 0 Å². The molecule has 1 aromatic rings. The molecule has 0 unspecified atom stereocenters. The Bertz CT molecular complexity index is 372. The summed E-state index contributed by atoms with van der Waals surface area (Å²) in [4.78, 5) is 11.8. The molecule has 7 heteroatoms. The lowest BCUT2D eigenvalue weighted by atomic mass is 10.4. The van der Waals surface area contributed by atoms with Gasteiger partial charge in [0.15, 0.2) is 5.82 Å². The normalized spacial score (nSPS) is 18.1. The predicted molar refractivity (Wildman–Crippen MR) is 52.1 cm³/mol. The van der Waals surface area contributed by atoms with Crippen molar-refractivity contribution >= 4 is 0 Å². The zero-order valence-corrected chi connectivity index (χ0v) is 8.01. The van der Waals surface area contributed by atoms with Crippen molar-refractivity contribution < 1.29 is 4.92 Å². The van der Waals surface area contributed by atoms with Gasteiger partial charge < -0.3 is 10.2 Å². The smallest absolute Gasteiger partial charge is 0.274 e. The summed E-state index contributed by atoms with van der Waals surface area (Å²) < 4.78 is 0. The van der Waals surface area contributed by atoms with E-state index in [0.29, 0.717) is 12.4 Å². The summed E-state index contributed by atoms with van der Waals surface area (Å²) in [6, 6.07) is 1.85. The van der Waals surface area contributed by atoms with Gasteiger partial charge in [-0.25, -0.2) is 0 Å². The first-order valence-corrected chi connectivity index (χ1v) is 4.58. The van der Waals surface area contributed by atoms with E-state index in [-0.39, 0.29) is 0 Å². The van der Waals surface area contributed by atoms with Crippen molar-refractivity contribution in [2.75, 3.05) is 13.1 Å². The van der Waals surface area contributed by atoms with E-state index in [1.54, 1.807) is 6.20 Å². The van der Waals surface area contributed by atoms with Crippen molar-refractivity contribution in [1.82, 2.24) is 20.4 Å². The molecule has 7 nitrogen and oxygen atoms in total. The van der Waals surface area contributed by atoms with Crippen molar-refractivity contribution in [2.24, 2.45) is 0 Å². The molecule has 2 rings (SSSR count). The second-order valence-electron chi connectivity index (χ2n) is 3.23. The van der Waals surface area contributed by atoms with Crippen LogP contribution in [-0.4, -0.2) is 33.1 Å². The lowest BCUT2D eigenvalue weighted by molar-refractivity contribution is -0.404. The average Bonchev–Trinajstić information content (AvgIpc) is 2.78.